The molecule has 1 unspecified atom stereocenters. The molecule has 418 valence electrons. The van der Waals surface area contributed by atoms with Gasteiger partial charge in [0.15, 0.2) is 5.78 Å². The van der Waals surface area contributed by atoms with Crippen molar-refractivity contribution in [3.8, 4) is 0 Å². The van der Waals surface area contributed by atoms with E-state index in [9.17, 15) is 28.8 Å². The number of benzene rings is 2. The maximum absolute atomic E-state index is 14.8. The first kappa shape index (κ1) is 61.2. The highest BCUT2D eigenvalue weighted by atomic mass is 16.7. The number of Topliss-reactive ketones (excluding diaryl/α,β-unsaturated/α-hetero) is 2. The summed E-state index contributed by atoms with van der Waals surface area (Å²) in [6.07, 6.45) is 6.56. The van der Waals surface area contributed by atoms with E-state index in [4.69, 9.17) is 19.0 Å². The van der Waals surface area contributed by atoms with Crippen LogP contribution in [0.3, 0.4) is 0 Å². The zero-order valence-electron chi connectivity index (χ0n) is 47.4. The number of unbranched alkanes of at least 4 members (excludes halogenated alkanes) is 3. The zero-order chi connectivity index (χ0) is 54.8. The number of likely N-dealkylation sites (tertiary alicyclic amines) is 1. The second-order valence-electron chi connectivity index (χ2n) is 22.6. The highest BCUT2D eigenvalue weighted by molar-refractivity contribution is 5.94. The molecule has 1 aliphatic carbocycles. The number of hydrogen-bond acceptors (Lipinski definition) is 11. The third-order valence-corrected chi connectivity index (χ3v) is 16.7. The number of ketones is 2. The van der Waals surface area contributed by atoms with Crippen molar-refractivity contribution in [1.29, 1.82) is 0 Å². The molecule has 0 aromatic heterocycles. The van der Waals surface area contributed by atoms with Crippen LogP contribution in [0.15, 0.2) is 60.7 Å². The van der Waals surface area contributed by atoms with Crippen LogP contribution in [0, 0.1) is 35.0 Å². The first-order valence-electron chi connectivity index (χ1n) is 28.2. The lowest BCUT2D eigenvalue weighted by molar-refractivity contribution is -0.203. The number of ether oxygens (including phenoxy) is 3. The molecule has 1 saturated carbocycles. The minimum atomic E-state index is -0.897. The molecule has 2 aromatic carbocycles. The fourth-order valence-electron chi connectivity index (χ4n) is 12.0. The van der Waals surface area contributed by atoms with Crippen molar-refractivity contribution in [2.45, 2.75) is 175 Å². The molecule has 15 heteroatoms. The zero-order valence-corrected chi connectivity index (χ0v) is 47.4. The second kappa shape index (κ2) is 29.7. The van der Waals surface area contributed by atoms with Crippen LogP contribution in [0.4, 0.5) is 4.79 Å². The Morgan fingerprint density at radius 2 is 1.48 bits per heavy atom. The highest BCUT2D eigenvalue weighted by Crippen LogP contribution is 2.63. The van der Waals surface area contributed by atoms with E-state index < -0.39 is 41.6 Å². The third kappa shape index (κ3) is 16.4. The van der Waals surface area contributed by atoms with Crippen LogP contribution in [0.25, 0.3) is 0 Å². The van der Waals surface area contributed by atoms with E-state index in [2.05, 4.69) is 37.9 Å². The van der Waals surface area contributed by atoms with Crippen molar-refractivity contribution < 1.29 is 47.8 Å². The average molecular weight is 1040 g/mol. The molecule has 0 bridgehead atoms. The molecule has 1 N–H and O–H groups in total. The van der Waals surface area contributed by atoms with Gasteiger partial charge >= 0.3 is 6.09 Å². The minimum Gasteiger partial charge on any atom is -0.445 e. The van der Waals surface area contributed by atoms with Gasteiger partial charge < -0.3 is 29.3 Å². The Balaban J connectivity index is 1.18. The Morgan fingerprint density at radius 3 is 2.09 bits per heavy atom. The fourth-order valence-corrected chi connectivity index (χ4v) is 12.0. The van der Waals surface area contributed by atoms with Crippen molar-refractivity contribution in [2.75, 3.05) is 61.1 Å². The minimum absolute atomic E-state index is 0.0217. The van der Waals surface area contributed by atoms with Crippen LogP contribution < -0.4 is 5.32 Å². The number of carbonyl (C=O) groups is 6. The summed E-state index contributed by atoms with van der Waals surface area (Å²) in [7, 11) is 6.96. The highest BCUT2D eigenvalue weighted by Gasteiger charge is 2.63. The lowest BCUT2D eigenvalue weighted by atomic mass is 9.83. The first-order chi connectivity index (χ1) is 35.9. The van der Waals surface area contributed by atoms with Crippen LogP contribution in [-0.4, -0.2) is 147 Å². The molecular weight excluding hydrogens is 951 g/mol. The number of hydrogen-bond donors (Lipinski definition) is 1. The number of amides is 4. The van der Waals surface area contributed by atoms with E-state index in [1.807, 2.05) is 93.4 Å². The number of likely N-dealkylation sites (N-methyl/N-ethyl adjacent to an activating group) is 2. The predicted molar refractivity (Wildman–Crippen MR) is 291 cm³/mol. The van der Waals surface area contributed by atoms with E-state index >= 15 is 0 Å². The Bertz CT molecular complexity index is 2120. The fraction of sp³-hybridized carbons (Fsp3) is 0.700. The van der Waals surface area contributed by atoms with Gasteiger partial charge in [0.05, 0.1) is 48.8 Å². The van der Waals surface area contributed by atoms with Crippen molar-refractivity contribution >= 4 is 35.4 Å². The summed E-state index contributed by atoms with van der Waals surface area (Å²) in [5.74, 6) is -1.83. The molecule has 2 aliphatic heterocycles. The quantitative estimate of drug-likeness (QED) is 0.0716. The Kier molecular flexibility index (Phi) is 24.2. The molecule has 0 spiro atoms. The van der Waals surface area contributed by atoms with Crippen molar-refractivity contribution in [2.24, 2.45) is 35.0 Å². The molecule has 2 saturated heterocycles. The topological polar surface area (TPSA) is 164 Å². The number of methoxy groups -OCH3 is 2. The molecule has 4 amide bonds. The van der Waals surface area contributed by atoms with Gasteiger partial charge in [-0.2, -0.15) is 0 Å². The van der Waals surface area contributed by atoms with Crippen molar-refractivity contribution in [1.82, 2.24) is 25.1 Å². The van der Waals surface area contributed by atoms with E-state index in [0.29, 0.717) is 39.1 Å². The molecule has 10 atom stereocenters. The number of carbonyl (C=O) groups excluding carboxylic acids is 6. The summed E-state index contributed by atoms with van der Waals surface area (Å²) < 4.78 is 17.6. The SMILES string of the molecule is CC[C@H](C)[C@@H]([C@@H](CC(=O)N1CCC[C@H]1[C@H](OC)[C@@H](C)C(=O)CC1(C(=O)N2CCCCO2)C[C@@H]1c1ccccc1)OC)N(C)C(=O)[C@@H](CC(=O)[C@H](C(C)C)N(C)CCCCCCNC(=O)OCc1ccccc1)C(C)C. The smallest absolute Gasteiger partial charge is 0.407 e. The molecule has 3 fully saturated rings. The first-order valence-corrected chi connectivity index (χ1v) is 28.2. The Labute approximate surface area is 449 Å². The molecule has 15 nitrogen and oxygen atoms in total. The van der Waals surface area contributed by atoms with Gasteiger partial charge in [0.25, 0.3) is 5.91 Å². The van der Waals surface area contributed by atoms with Gasteiger partial charge in [-0.15, -0.1) is 0 Å². The van der Waals surface area contributed by atoms with Crippen LogP contribution in [0.1, 0.15) is 149 Å². The van der Waals surface area contributed by atoms with Gasteiger partial charge in [-0.3, -0.25) is 33.7 Å². The predicted octanol–water partition coefficient (Wildman–Crippen LogP) is 9.27. The van der Waals surface area contributed by atoms with Crippen LogP contribution in [0.2, 0.25) is 0 Å². The molecule has 75 heavy (non-hydrogen) atoms. The van der Waals surface area contributed by atoms with Gasteiger partial charge in [-0.05, 0) is 93.3 Å². The summed E-state index contributed by atoms with van der Waals surface area (Å²) in [5, 5.41) is 4.31. The summed E-state index contributed by atoms with van der Waals surface area (Å²) in [6.45, 7) is 17.1. The summed E-state index contributed by atoms with van der Waals surface area (Å²) in [6, 6.07) is 18.3. The van der Waals surface area contributed by atoms with E-state index in [0.717, 1.165) is 69.0 Å². The lowest BCUT2D eigenvalue weighted by Crippen LogP contribution is -2.54. The Morgan fingerprint density at radius 1 is 0.800 bits per heavy atom. The van der Waals surface area contributed by atoms with Crippen LogP contribution >= 0.6 is 0 Å². The van der Waals surface area contributed by atoms with Crippen LogP contribution in [-0.2, 0) is 49.6 Å². The average Bonchev–Trinajstić information content (AvgIpc) is 3.95. The Hall–Kier alpha value is -4.70. The van der Waals surface area contributed by atoms with Crippen molar-refractivity contribution in [3.63, 3.8) is 0 Å². The van der Waals surface area contributed by atoms with E-state index in [1.165, 1.54) is 5.06 Å². The molecule has 3 aliphatic rings. The maximum atomic E-state index is 14.8. The molecule has 2 heterocycles. The van der Waals surface area contributed by atoms with E-state index in [-0.39, 0.29) is 90.9 Å². The molecular formula is C60H93N5O10. The standard InChI is InChI=1S/C60H93N5O10/c1-12-43(6)55(63(9)57(69)47(41(2)3)36-50(66)54(42(4)5)62(8)32-22-14-13-21-31-61-59(71)74-40-45-26-17-15-18-27-45)52(72-10)37-53(68)64-33-25-30-49(64)56(73-11)44(7)51(67)39-60(58(70)65-34-23-24-35-75-65)38-48(60)46-28-19-16-20-29-46/h15-20,26-29,41-44,47-49,52,54-56H,12-14,21-25,30-40H2,1-11H3,(H,61,71)/t43-,44-,47-,48+,49-,52+,54-,55-,56+,60?/m0/s1. The summed E-state index contributed by atoms with van der Waals surface area (Å²) in [4.78, 5) is 96.2. The number of nitrogens with zero attached hydrogens (tertiary/aromatic N) is 4. The van der Waals surface area contributed by atoms with Crippen LogP contribution in [0.5, 0.6) is 0 Å². The number of alkyl carbamates (subject to hydrolysis) is 1. The van der Waals surface area contributed by atoms with Crippen molar-refractivity contribution in [3.05, 3.63) is 71.8 Å². The lowest BCUT2D eigenvalue weighted by Gasteiger charge is -2.41. The molecule has 5 rings (SSSR count). The molecule has 2 aromatic rings. The second-order valence-corrected chi connectivity index (χ2v) is 22.6. The normalized spacial score (nSPS) is 21.5. The van der Waals surface area contributed by atoms with Gasteiger partial charge in [0, 0.05) is 65.6 Å². The maximum Gasteiger partial charge on any atom is 0.407 e. The number of hydroxylamine groups is 2. The number of rotatable bonds is 31. The molecule has 0 radical (unpaired) electrons. The largest absolute Gasteiger partial charge is 0.445 e. The monoisotopic (exact) mass is 1040 g/mol. The summed E-state index contributed by atoms with van der Waals surface area (Å²) in [5.41, 5.74) is 1.08. The van der Waals surface area contributed by atoms with E-state index in [1.54, 1.807) is 26.2 Å². The number of nitrogens with one attached hydrogen (secondary N) is 1. The van der Waals surface area contributed by atoms with Gasteiger partial charge in [-0.1, -0.05) is 128 Å². The summed E-state index contributed by atoms with van der Waals surface area (Å²) >= 11 is 0. The van der Waals surface area contributed by atoms with Gasteiger partial charge in [-0.25, -0.2) is 9.86 Å². The third-order valence-electron chi connectivity index (χ3n) is 16.7. The van der Waals surface area contributed by atoms with Gasteiger partial charge in [0.1, 0.15) is 12.4 Å². The van der Waals surface area contributed by atoms with Gasteiger partial charge in [0.2, 0.25) is 11.8 Å².